The molecule has 6 nitrogen and oxygen atoms in total. The molecular formula is C14H19F3N2O4. The molecule has 0 radical (unpaired) electrons. The first-order chi connectivity index (χ1) is 10.8. The van der Waals surface area contributed by atoms with Crippen LogP contribution in [0.3, 0.4) is 0 Å². The van der Waals surface area contributed by atoms with Gasteiger partial charge in [-0.15, -0.1) is 13.2 Å². The molecule has 3 N–H and O–H groups in total. The zero-order valence-electron chi connectivity index (χ0n) is 12.5. The van der Waals surface area contributed by atoms with Crippen LogP contribution in [-0.2, 0) is 4.74 Å². The maximum atomic E-state index is 12.0. The van der Waals surface area contributed by atoms with Crippen LogP contribution >= 0.6 is 0 Å². The van der Waals surface area contributed by atoms with Crippen LogP contribution in [-0.4, -0.2) is 44.3 Å². The summed E-state index contributed by atoms with van der Waals surface area (Å²) in [6.45, 7) is 0.879. The van der Waals surface area contributed by atoms with Crippen LogP contribution in [0.15, 0.2) is 24.3 Å². The van der Waals surface area contributed by atoms with Gasteiger partial charge in [-0.25, -0.2) is 4.79 Å². The summed E-state index contributed by atoms with van der Waals surface area (Å²) >= 11 is 0. The van der Waals surface area contributed by atoms with Gasteiger partial charge in [0.25, 0.3) is 0 Å². The molecule has 0 unspecified atom stereocenters. The lowest BCUT2D eigenvalue weighted by molar-refractivity contribution is -0.274. The van der Waals surface area contributed by atoms with Crippen molar-refractivity contribution in [3.63, 3.8) is 0 Å². The Balaban J connectivity index is 2.37. The van der Waals surface area contributed by atoms with E-state index < -0.39 is 18.5 Å². The van der Waals surface area contributed by atoms with Gasteiger partial charge in [0.2, 0.25) is 0 Å². The number of aliphatic hydroxyl groups is 1. The molecule has 2 amide bonds. The number of carbonyl (C=O) groups excluding carboxylic acids is 1. The average Bonchev–Trinajstić information content (AvgIpc) is 2.48. The number of urea groups is 1. The molecule has 1 rings (SSSR count). The maximum absolute atomic E-state index is 12.0. The van der Waals surface area contributed by atoms with E-state index in [0.29, 0.717) is 25.1 Å². The Morgan fingerprint density at radius 2 is 1.91 bits per heavy atom. The van der Waals surface area contributed by atoms with Crippen molar-refractivity contribution in [2.24, 2.45) is 0 Å². The van der Waals surface area contributed by atoms with Crippen molar-refractivity contribution in [3.8, 4) is 5.75 Å². The number of methoxy groups -OCH3 is 1. The maximum Gasteiger partial charge on any atom is 0.573 e. The van der Waals surface area contributed by atoms with E-state index in [1.807, 2.05) is 0 Å². The molecule has 0 aromatic heterocycles. The quantitative estimate of drug-likeness (QED) is 0.634. The largest absolute Gasteiger partial charge is 0.573 e. The molecule has 0 heterocycles. The molecule has 0 saturated heterocycles. The first-order valence-electron chi connectivity index (χ1n) is 6.86. The fourth-order valence-electron chi connectivity index (χ4n) is 1.68. The highest BCUT2D eigenvalue weighted by Gasteiger charge is 2.31. The van der Waals surface area contributed by atoms with Gasteiger partial charge in [-0.2, -0.15) is 0 Å². The van der Waals surface area contributed by atoms with Crippen LogP contribution in [0, 0.1) is 0 Å². The molecular weight excluding hydrogens is 317 g/mol. The van der Waals surface area contributed by atoms with Crippen LogP contribution < -0.4 is 15.4 Å². The van der Waals surface area contributed by atoms with Crippen LogP contribution in [0.25, 0.3) is 0 Å². The van der Waals surface area contributed by atoms with Gasteiger partial charge in [-0.1, -0.05) is 12.1 Å². The monoisotopic (exact) mass is 336 g/mol. The normalized spacial score (nSPS) is 12.6. The van der Waals surface area contributed by atoms with Crippen molar-refractivity contribution in [2.45, 2.75) is 18.9 Å². The number of rotatable bonds is 8. The molecule has 9 heteroatoms. The lowest BCUT2D eigenvalue weighted by Gasteiger charge is -2.14. The zero-order valence-corrected chi connectivity index (χ0v) is 12.5. The number of alkyl halides is 3. The summed E-state index contributed by atoms with van der Waals surface area (Å²) in [4.78, 5) is 11.4. The summed E-state index contributed by atoms with van der Waals surface area (Å²) in [5, 5.41) is 14.9. The molecule has 0 saturated carbocycles. The number of hydrogen-bond acceptors (Lipinski definition) is 4. The molecule has 0 bridgehead atoms. The summed E-state index contributed by atoms with van der Waals surface area (Å²) in [7, 11) is 1.56. The Morgan fingerprint density at radius 3 is 2.48 bits per heavy atom. The molecule has 1 aromatic carbocycles. The van der Waals surface area contributed by atoms with Crippen LogP contribution in [0.4, 0.5) is 18.0 Å². The van der Waals surface area contributed by atoms with Gasteiger partial charge in [0, 0.05) is 26.8 Å². The van der Waals surface area contributed by atoms with E-state index in [9.17, 15) is 23.1 Å². The van der Waals surface area contributed by atoms with E-state index in [1.165, 1.54) is 12.1 Å². The Morgan fingerprint density at radius 1 is 1.26 bits per heavy atom. The Kier molecular flexibility index (Phi) is 7.63. The minimum atomic E-state index is -4.76. The number of ether oxygens (including phenoxy) is 2. The first-order valence-corrected chi connectivity index (χ1v) is 6.86. The molecule has 1 aromatic rings. The van der Waals surface area contributed by atoms with E-state index in [-0.39, 0.29) is 12.3 Å². The Labute approximate surface area is 131 Å². The molecule has 0 aliphatic rings. The lowest BCUT2D eigenvalue weighted by Crippen LogP contribution is -2.38. The molecule has 0 aliphatic heterocycles. The second-order valence-electron chi connectivity index (χ2n) is 4.62. The Bertz CT molecular complexity index is 480. The standard InChI is InChI=1S/C14H19F3N2O4/c1-22-8-2-7-18-13(21)19-9-12(20)10-3-5-11(6-4-10)23-14(15,16)17/h3-6,12,20H,2,7-9H2,1H3,(H2,18,19,21)/t12-/m1/s1. The van der Waals surface area contributed by atoms with Gasteiger partial charge in [0.1, 0.15) is 5.75 Å². The number of aliphatic hydroxyl groups excluding tert-OH is 1. The van der Waals surface area contributed by atoms with Crippen molar-refractivity contribution in [1.82, 2.24) is 10.6 Å². The predicted molar refractivity (Wildman–Crippen MR) is 76.0 cm³/mol. The van der Waals surface area contributed by atoms with Crippen molar-refractivity contribution in [2.75, 3.05) is 26.8 Å². The number of nitrogens with one attached hydrogen (secondary N) is 2. The number of carbonyl (C=O) groups is 1. The highest BCUT2D eigenvalue weighted by Crippen LogP contribution is 2.24. The third kappa shape index (κ3) is 8.27. The number of benzene rings is 1. The van der Waals surface area contributed by atoms with Crippen molar-refractivity contribution in [1.29, 1.82) is 0 Å². The fraction of sp³-hybridized carbons (Fsp3) is 0.500. The highest BCUT2D eigenvalue weighted by atomic mass is 19.4. The number of hydrogen-bond donors (Lipinski definition) is 3. The third-order valence-corrected chi connectivity index (χ3v) is 2.77. The van der Waals surface area contributed by atoms with E-state index in [4.69, 9.17) is 4.74 Å². The van der Waals surface area contributed by atoms with E-state index in [2.05, 4.69) is 15.4 Å². The minimum absolute atomic E-state index is 0.0738. The Hall–Kier alpha value is -2.00. The molecule has 0 fully saturated rings. The minimum Gasteiger partial charge on any atom is -0.406 e. The summed E-state index contributed by atoms with van der Waals surface area (Å²) in [5.74, 6) is -0.378. The van der Waals surface area contributed by atoms with Crippen molar-refractivity contribution < 1.29 is 32.5 Å². The van der Waals surface area contributed by atoms with E-state index in [0.717, 1.165) is 12.1 Å². The molecule has 130 valence electrons. The van der Waals surface area contributed by atoms with Gasteiger partial charge in [-0.3, -0.25) is 0 Å². The molecule has 0 aliphatic carbocycles. The second-order valence-corrected chi connectivity index (χ2v) is 4.62. The molecule has 23 heavy (non-hydrogen) atoms. The third-order valence-electron chi connectivity index (χ3n) is 2.77. The summed E-state index contributed by atoms with van der Waals surface area (Å²) < 4.78 is 44.6. The lowest BCUT2D eigenvalue weighted by atomic mass is 10.1. The molecule has 1 atom stereocenters. The van der Waals surface area contributed by atoms with Gasteiger partial charge in [-0.05, 0) is 24.1 Å². The first kappa shape index (κ1) is 19.0. The van der Waals surface area contributed by atoms with Gasteiger partial charge >= 0.3 is 12.4 Å². The van der Waals surface area contributed by atoms with E-state index >= 15 is 0 Å². The number of halogens is 3. The topological polar surface area (TPSA) is 79.8 Å². The fourth-order valence-corrected chi connectivity index (χ4v) is 1.68. The summed E-state index contributed by atoms with van der Waals surface area (Å²) in [5.41, 5.74) is 0.360. The van der Waals surface area contributed by atoms with Crippen LogP contribution in [0.2, 0.25) is 0 Å². The second kappa shape index (κ2) is 9.21. The van der Waals surface area contributed by atoms with Gasteiger partial charge < -0.3 is 25.2 Å². The average molecular weight is 336 g/mol. The van der Waals surface area contributed by atoms with Gasteiger partial charge in [0.05, 0.1) is 6.10 Å². The zero-order chi connectivity index (χ0) is 17.3. The smallest absolute Gasteiger partial charge is 0.406 e. The van der Waals surface area contributed by atoms with Crippen molar-refractivity contribution >= 4 is 6.03 Å². The SMILES string of the molecule is COCCCNC(=O)NC[C@@H](O)c1ccc(OC(F)(F)F)cc1. The van der Waals surface area contributed by atoms with Crippen LogP contribution in [0.5, 0.6) is 5.75 Å². The molecule has 0 spiro atoms. The number of amides is 2. The van der Waals surface area contributed by atoms with Crippen LogP contribution in [0.1, 0.15) is 18.1 Å². The summed E-state index contributed by atoms with van der Waals surface area (Å²) in [6.07, 6.45) is -5.14. The highest BCUT2D eigenvalue weighted by molar-refractivity contribution is 5.73. The van der Waals surface area contributed by atoms with Gasteiger partial charge in [0.15, 0.2) is 0 Å². The van der Waals surface area contributed by atoms with Crippen molar-refractivity contribution in [3.05, 3.63) is 29.8 Å². The van der Waals surface area contributed by atoms with E-state index in [1.54, 1.807) is 7.11 Å². The predicted octanol–water partition coefficient (Wildman–Crippen LogP) is 1.95. The summed E-state index contributed by atoms with van der Waals surface area (Å²) in [6, 6.07) is 4.33.